The predicted octanol–water partition coefficient (Wildman–Crippen LogP) is 5.32. The third kappa shape index (κ3) is 4.92. The van der Waals surface area contributed by atoms with Gasteiger partial charge in [0.25, 0.3) is 11.8 Å². The highest BCUT2D eigenvalue weighted by molar-refractivity contribution is 9.10. The van der Waals surface area contributed by atoms with Gasteiger partial charge in [0.15, 0.2) is 0 Å². The first-order valence-electron chi connectivity index (χ1n) is 9.97. The highest BCUT2D eigenvalue weighted by Crippen LogP contribution is 2.23. The van der Waals surface area contributed by atoms with E-state index in [4.69, 9.17) is 11.6 Å². The van der Waals surface area contributed by atoms with Crippen LogP contribution in [0.3, 0.4) is 0 Å². The molecule has 1 aliphatic rings. The molecular formula is C24H21BrClN3O2. The van der Waals surface area contributed by atoms with Gasteiger partial charge in [0.05, 0.1) is 16.8 Å². The Kier molecular flexibility index (Phi) is 6.59. The quantitative estimate of drug-likeness (QED) is 0.530. The molecule has 31 heavy (non-hydrogen) atoms. The number of carbonyl (C=O) groups excluding carboxylic acids is 2. The first kappa shape index (κ1) is 21.4. The lowest BCUT2D eigenvalue weighted by Crippen LogP contribution is -2.48. The Bertz CT molecular complexity index is 1100. The van der Waals surface area contributed by atoms with Gasteiger partial charge in [-0.25, -0.2) is 0 Å². The van der Waals surface area contributed by atoms with E-state index in [1.807, 2.05) is 53.4 Å². The number of piperazine rings is 1. The van der Waals surface area contributed by atoms with Gasteiger partial charge in [-0.15, -0.1) is 0 Å². The summed E-state index contributed by atoms with van der Waals surface area (Å²) < 4.78 is 0.703. The van der Waals surface area contributed by atoms with E-state index >= 15 is 0 Å². The highest BCUT2D eigenvalue weighted by Gasteiger charge is 2.24. The van der Waals surface area contributed by atoms with Crippen molar-refractivity contribution in [3.63, 3.8) is 0 Å². The summed E-state index contributed by atoms with van der Waals surface area (Å²) in [4.78, 5) is 30.0. The van der Waals surface area contributed by atoms with Crippen LogP contribution in [0.5, 0.6) is 0 Å². The molecule has 3 aromatic carbocycles. The van der Waals surface area contributed by atoms with Gasteiger partial charge < -0.3 is 15.1 Å². The molecule has 0 spiro atoms. The summed E-state index contributed by atoms with van der Waals surface area (Å²) in [5.41, 5.74) is 2.61. The van der Waals surface area contributed by atoms with Crippen LogP contribution in [0.1, 0.15) is 20.7 Å². The second-order valence-corrected chi connectivity index (χ2v) is 8.53. The summed E-state index contributed by atoms with van der Waals surface area (Å²) in [6.07, 6.45) is 0. The minimum atomic E-state index is -0.264. The van der Waals surface area contributed by atoms with E-state index in [0.29, 0.717) is 39.4 Å². The molecule has 1 fully saturated rings. The smallest absolute Gasteiger partial charge is 0.256 e. The SMILES string of the molecule is O=C(Nc1ccccc1C(=O)N1CCN(c2ccc(Cl)cc2)CC1)c1ccccc1Br. The number of para-hydroxylation sites is 1. The Morgan fingerprint density at radius 2 is 1.42 bits per heavy atom. The maximum absolute atomic E-state index is 13.2. The molecule has 0 radical (unpaired) electrons. The fourth-order valence-electron chi connectivity index (χ4n) is 3.60. The normalized spacial score (nSPS) is 13.7. The molecule has 0 bridgehead atoms. The Morgan fingerprint density at radius 1 is 0.806 bits per heavy atom. The van der Waals surface area contributed by atoms with E-state index in [1.165, 1.54) is 0 Å². The van der Waals surface area contributed by atoms with Gasteiger partial charge in [0.1, 0.15) is 0 Å². The number of hydrogen-bond acceptors (Lipinski definition) is 3. The molecular weight excluding hydrogens is 478 g/mol. The number of nitrogens with one attached hydrogen (secondary N) is 1. The fraction of sp³-hybridized carbons (Fsp3) is 0.167. The van der Waals surface area contributed by atoms with Crippen LogP contribution in [-0.4, -0.2) is 42.9 Å². The van der Waals surface area contributed by atoms with Gasteiger partial charge in [-0.1, -0.05) is 35.9 Å². The van der Waals surface area contributed by atoms with Crippen molar-refractivity contribution in [2.75, 3.05) is 36.4 Å². The van der Waals surface area contributed by atoms with Crippen LogP contribution in [0.4, 0.5) is 11.4 Å². The molecule has 2 amide bonds. The second-order valence-electron chi connectivity index (χ2n) is 7.24. The standard InChI is InChI=1S/C24H21BrClN3O2/c25-21-7-3-1-5-19(21)23(30)27-22-8-4-2-6-20(22)24(31)29-15-13-28(14-16-29)18-11-9-17(26)10-12-18/h1-12H,13-16H2,(H,27,30). The Balaban J connectivity index is 1.45. The molecule has 158 valence electrons. The molecule has 0 atom stereocenters. The zero-order chi connectivity index (χ0) is 21.8. The number of anilines is 2. The van der Waals surface area contributed by atoms with Crippen molar-refractivity contribution >= 4 is 50.7 Å². The van der Waals surface area contributed by atoms with Crippen LogP contribution < -0.4 is 10.2 Å². The summed E-state index contributed by atoms with van der Waals surface area (Å²) in [6, 6.07) is 22.1. The van der Waals surface area contributed by atoms with Crippen molar-refractivity contribution in [2.24, 2.45) is 0 Å². The van der Waals surface area contributed by atoms with Crippen molar-refractivity contribution in [1.29, 1.82) is 0 Å². The third-order valence-electron chi connectivity index (χ3n) is 5.28. The first-order chi connectivity index (χ1) is 15.0. The van der Waals surface area contributed by atoms with Crippen LogP contribution in [0.2, 0.25) is 5.02 Å². The van der Waals surface area contributed by atoms with E-state index in [9.17, 15) is 9.59 Å². The lowest BCUT2D eigenvalue weighted by atomic mass is 10.1. The monoisotopic (exact) mass is 497 g/mol. The van der Waals surface area contributed by atoms with Crippen LogP contribution >= 0.6 is 27.5 Å². The number of benzene rings is 3. The minimum absolute atomic E-state index is 0.0845. The maximum Gasteiger partial charge on any atom is 0.256 e. The number of amides is 2. The predicted molar refractivity (Wildman–Crippen MR) is 128 cm³/mol. The minimum Gasteiger partial charge on any atom is -0.368 e. The van der Waals surface area contributed by atoms with Crippen LogP contribution in [0.25, 0.3) is 0 Å². The van der Waals surface area contributed by atoms with Crippen molar-refractivity contribution < 1.29 is 9.59 Å². The fourth-order valence-corrected chi connectivity index (χ4v) is 4.19. The first-order valence-corrected chi connectivity index (χ1v) is 11.1. The van der Waals surface area contributed by atoms with E-state index in [1.54, 1.807) is 24.3 Å². The maximum atomic E-state index is 13.2. The average molecular weight is 499 g/mol. The zero-order valence-electron chi connectivity index (χ0n) is 16.7. The molecule has 7 heteroatoms. The number of hydrogen-bond donors (Lipinski definition) is 1. The molecule has 1 heterocycles. The van der Waals surface area contributed by atoms with Crippen LogP contribution in [-0.2, 0) is 0 Å². The lowest BCUT2D eigenvalue weighted by molar-refractivity contribution is 0.0748. The molecule has 0 saturated carbocycles. The van der Waals surface area contributed by atoms with Crippen molar-refractivity contribution in [3.05, 3.63) is 93.4 Å². The van der Waals surface area contributed by atoms with Gasteiger partial charge >= 0.3 is 0 Å². The highest BCUT2D eigenvalue weighted by atomic mass is 79.9. The molecule has 1 saturated heterocycles. The van der Waals surface area contributed by atoms with Gasteiger partial charge in [-0.3, -0.25) is 9.59 Å². The second kappa shape index (κ2) is 9.54. The Morgan fingerprint density at radius 3 is 2.10 bits per heavy atom. The van der Waals surface area contributed by atoms with E-state index in [0.717, 1.165) is 18.8 Å². The number of nitrogens with zero attached hydrogens (tertiary/aromatic N) is 2. The van der Waals surface area contributed by atoms with E-state index in [2.05, 4.69) is 26.1 Å². The van der Waals surface area contributed by atoms with Crippen molar-refractivity contribution in [2.45, 2.75) is 0 Å². The summed E-state index contributed by atoms with van der Waals surface area (Å²) in [7, 11) is 0. The molecule has 0 unspecified atom stereocenters. The topological polar surface area (TPSA) is 52.7 Å². The molecule has 0 aromatic heterocycles. The number of halogens is 2. The van der Waals surface area contributed by atoms with Gasteiger partial charge in [-0.05, 0) is 64.5 Å². The summed E-state index contributed by atoms with van der Waals surface area (Å²) in [6.45, 7) is 2.68. The zero-order valence-corrected chi connectivity index (χ0v) is 19.1. The molecule has 5 nitrogen and oxygen atoms in total. The number of rotatable bonds is 4. The summed E-state index contributed by atoms with van der Waals surface area (Å²) in [5.74, 6) is -0.348. The molecule has 4 rings (SSSR count). The van der Waals surface area contributed by atoms with Gasteiger partial charge in [0.2, 0.25) is 0 Å². The molecule has 3 aromatic rings. The lowest BCUT2D eigenvalue weighted by Gasteiger charge is -2.36. The third-order valence-corrected chi connectivity index (χ3v) is 6.23. The molecule has 1 N–H and O–H groups in total. The number of carbonyl (C=O) groups is 2. The van der Waals surface area contributed by atoms with Gasteiger partial charge in [-0.2, -0.15) is 0 Å². The average Bonchev–Trinajstić information content (AvgIpc) is 2.80. The van der Waals surface area contributed by atoms with E-state index in [-0.39, 0.29) is 11.8 Å². The summed E-state index contributed by atoms with van der Waals surface area (Å²) >= 11 is 9.38. The van der Waals surface area contributed by atoms with Gasteiger partial charge in [0, 0.05) is 41.4 Å². The van der Waals surface area contributed by atoms with Crippen molar-refractivity contribution in [1.82, 2.24) is 4.90 Å². The Hall–Kier alpha value is -2.83. The molecule has 0 aliphatic carbocycles. The summed E-state index contributed by atoms with van der Waals surface area (Å²) in [5, 5.41) is 3.60. The largest absolute Gasteiger partial charge is 0.368 e. The Labute approximate surface area is 194 Å². The molecule has 1 aliphatic heterocycles. The van der Waals surface area contributed by atoms with Crippen molar-refractivity contribution in [3.8, 4) is 0 Å². The van der Waals surface area contributed by atoms with E-state index < -0.39 is 0 Å². The van der Waals surface area contributed by atoms with Crippen LogP contribution in [0, 0.1) is 0 Å². The van der Waals surface area contributed by atoms with Crippen LogP contribution in [0.15, 0.2) is 77.3 Å².